The average Bonchev–Trinajstić information content (AvgIpc) is 2.41. The van der Waals surface area contributed by atoms with E-state index in [1.54, 1.807) is 49.5 Å². The van der Waals surface area contributed by atoms with Crippen molar-refractivity contribution in [3.05, 3.63) is 53.9 Å². The van der Waals surface area contributed by atoms with Gasteiger partial charge >= 0.3 is 0 Å². The molecule has 0 fully saturated rings. The summed E-state index contributed by atoms with van der Waals surface area (Å²) in [5.41, 5.74) is 7.65. The first-order valence-electron chi connectivity index (χ1n) is 6.20. The maximum atomic E-state index is 12.3. The molecule has 106 valence electrons. The number of pyridine rings is 1. The van der Waals surface area contributed by atoms with Gasteiger partial charge in [-0.15, -0.1) is 0 Å². The van der Waals surface area contributed by atoms with Crippen LogP contribution in [0.15, 0.2) is 47.5 Å². The first kappa shape index (κ1) is 14.5. The van der Waals surface area contributed by atoms with Crippen molar-refractivity contribution >= 4 is 15.7 Å². The van der Waals surface area contributed by atoms with Crippen molar-refractivity contribution in [2.24, 2.45) is 5.73 Å². The number of aromatic nitrogens is 1. The lowest BCUT2D eigenvalue weighted by Crippen LogP contribution is -2.15. The zero-order valence-electron chi connectivity index (χ0n) is 11.4. The number of sulfonamides is 1. The minimum absolute atomic E-state index is 0.190. The number of hydrogen-bond donors (Lipinski definition) is 2. The fourth-order valence-electron chi connectivity index (χ4n) is 1.76. The molecular formula is C14H17N3O2S. The van der Waals surface area contributed by atoms with E-state index < -0.39 is 10.0 Å². The van der Waals surface area contributed by atoms with Crippen LogP contribution in [-0.4, -0.2) is 13.4 Å². The van der Waals surface area contributed by atoms with Crippen LogP contribution in [0.3, 0.4) is 0 Å². The summed E-state index contributed by atoms with van der Waals surface area (Å²) < 4.78 is 27.2. The van der Waals surface area contributed by atoms with Crippen LogP contribution in [0.1, 0.15) is 24.2 Å². The number of benzene rings is 1. The molecule has 0 aliphatic heterocycles. The standard InChI is InChI=1S/C14H17N3O2S/c1-10(15)12-5-3-6-13(9-12)20(18,19)17-14-7-4-8-16-11(14)2/h3-10,17H,15H2,1-2H3. The number of rotatable bonds is 4. The van der Waals surface area contributed by atoms with E-state index >= 15 is 0 Å². The van der Waals surface area contributed by atoms with Crippen molar-refractivity contribution in [2.75, 3.05) is 4.72 Å². The topological polar surface area (TPSA) is 85.1 Å². The smallest absolute Gasteiger partial charge is 0.261 e. The number of aryl methyl sites for hydroxylation is 1. The number of hydrogen-bond acceptors (Lipinski definition) is 4. The Morgan fingerprint density at radius 3 is 2.65 bits per heavy atom. The Hall–Kier alpha value is -1.92. The second-order valence-electron chi connectivity index (χ2n) is 4.60. The number of nitrogens with zero attached hydrogens (tertiary/aromatic N) is 1. The van der Waals surface area contributed by atoms with Gasteiger partial charge in [0.2, 0.25) is 0 Å². The maximum absolute atomic E-state index is 12.3. The van der Waals surface area contributed by atoms with Crippen LogP contribution in [0.25, 0.3) is 0 Å². The summed E-state index contributed by atoms with van der Waals surface area (Å²) in [6, 6.07) is 9.75. The predicted octanol–water partition coefficient (Wildman–Crippen LogP) is 2.21. The Morgan fingerprint density at radius 1 is 1.25 bits per heavy atom. The van der Waals surface area contributed by atoms with E-state index in [1.807, 2.05) is 6.92 Å². The second-order valence-corrected chi connectivity index (χ2v) is 6.29. The summed E-state index contributed by atoms with van der Waals surface area (Å²) in [5.74, 6) is 0. The van der Waals surface area contributed by atoms with Gasteiger partial charge in [0, 0.05) is 12.2 Å². The normalized spacial score (nSPS) is 12.9. The van der Waals surface area contributed by atoms with Gasteiger partial charge < -0.3 is 5.73 Å². The molecule has 1 unspecified atom stereocenters. The third-order valence-corrected chi connectivity index (χ3v) is 4.31. The van der Waals surface area contributed by atoms with E-state index in [1.165, 1.54) is 0 Å². The Kier molecular flexibility index (Phi) is 4.06. The third kappa shape index (κ3) is 3.15. The monoisotopic (exact) mass is 291 g/mol. The van der Waals surface area contributed by atoms with Gasteiger partial charge in [-0.1, -0.05) is 12.1 Å². The molecule has 1 atom stereocenters. The van der Waals surface area contributed by atoms with Crippen LogP contribution in [0, 0.1) is 6.92 Å². The molecule has 0 spiro atoms. The van der Waals surface area contributed by atoms with Crippen LogP contribution in [0.4, 0.5) is 5.69 Å². The fourth-order valence-corrected chi connectivity index (χ4v) is 2.93. The van der Waals surface area contributed by atoms with Crippen molar-refractivity contribution in [1.29, 1.82) is 0 Å². The molecule has 1 heterocycles. The highest BCUT2D eigenvalue weighted by atomic mass is 32.2. The Bertz CT molecular complexity index is 712. The summed E-state index contributed by atoms with van der Waals surface area (Å²) in [6.07, 6.45) is 1.61. The third-order valence-electron chi connectivity index (χ3n) is 2.95. The summed E-state index contributed by atoms with van der Waals surface area (Å²) >= 11 is 0. The highest BCUT2D eigenvalue weighted by Crippen LogP contribution is 2.20. The summed E-state index contributed by atoms with van der Waals surface area (Å²) in [4.78, 5) is 4.25. The lowest BCUT2D eigenvalue weighted by molar-refractivity contribution is 0.601. The molecule has 5 nitrogen and oxygen atoms in total. The van der Waals surface area contributed by atoms with Crippen molar-refractivity contribution < 1.29 is 8.42 Å². The minimum Gasteiger partial charge on any atom is -0.324 e. The first-order chi connectivity index (χ1) is 9.40. The van der Waals surface area contributed by atoms with Gasteiger partial charge in [-0.2, -0.15) is 0 Å². The zero-order valence-corrected chi connectivity index (χ0v) is 12.2. The van der Waals surface area contributed by atoms with Gasteiger partial charge in [0.05, 0.1) is 16.3 Å². The number of nitrogens with two attached hydrogens (primary N) is 1. The zero-order chi connectivity index (χ0) is 14.8. The van der Waals surface area contributed by atoms with E-state index in [2.05, 4.69) is 9.71 Å². The van der Waals surface area contributed by atoms with Gasteiger partial charge in [0.15, 0.2) is 0 Å². The Labute approximate surface area is 118 Å². The Morgan fingerprint density at radius 2 is 2.00 bits per heavy atom. The van der Waals surface area contributed by atoms with Gasteiger partial charge in [-0.3, -0.25) is 9.71 Å². The van der Waals surface area contributed by atoms with Crippen LogP contribution in [-0.2, 0) is 10.0 Å². The van der Waals surface area contributed by atoms with Gasteiger partial charge in [-0.25, -0.2) is 8.42 Å². The van der Waals surface area contributed by atoms with Crippen LogP contribution < -0.4 is 10.5 Å². The van der Waals surface area contributed by atoms with E-state index in [0.29, 0.717) is 11.4 Å². The number of nitrogens with one attached hydrogen (secondary N) is 1. The molecule has 0 bridgehead atoms. The molecule has 2 aromatic rings. The molecule has 0 saturated carbocycles. The number of anilines is 1. The molecule has 1 aromatic carbocycles. The predicted molar refractivity (Wildman–Crippen MR) is 78.8 cm³/mol. The average molecular weight is 291 g/mol. The largest absolute Gasteiger partial charge is 0.324 e. The molecular weight excluding hydrogens is 274 g/mol. The van der Waals surface area contributed by atoms with Crippen molar-refractivity contribution in [2.45, 2.75) is 24.8 Å². The SMILES string of the molecule is Cc1ncccc1NS(=O)(=O)c1cccc(C(C)N)c1. The highest BCUT2D eigenvalue weighted by molar-refractivity contribution is 7.92. The van der Waals surface area contributed by atoms with E-state index in [9.17, 15) is 8.42 Å². The molecule has 0 saturated heterocycles. The van der Waals surface area contributed by atoms with Crippen LogP contribution >= 0.6 is 0 Å². The first-order valence-corrected chi connectivity index (χ1v) is 7.68. The van der Waals surface area contributed by atoms with Crippen molar-refractivity contribution in [3.8, 4) is 0 Å². The maximum Gasteiger partial charge on any atom is 0.261 e. The van der Waals surface area contributed by atoms with Gasteiger partial charge in [0.25, 0.3) is 10.0 Å². The molecule has 6 heteroatoms. The van der Waals surface area contributed by atoms with E-state index in [-0.39, 0.29) is 10.9 Å². The lowest BCUT2D eigenvalue weighted by atomic mass is 10.1. The summed E-state index contributed by atoms with van der Waals surface area (Å²) in [7, 11) is -3.64. The minimum atomic E-state index is -3.64. The Balaban J connectivity index is 2.36. The molecule has 3 N–H and O–H groups in total. The molecule has 2 rings (SSSR count). The molecule has 1 aromatic heterocycles. The lowest BCUT2D eigenvalue weighted by Gasteiger charge is -2.12. The van der Waals surface area contributed by atoms with E-state index in [0.717, 1.165) is 5.56 Å². The molecule has 20 heavy (non-hydrogen) atoms. The van der Waals surface area contributed by atoms with Crippen molar-refractivity contribution in [3.63, 3.8) is 0 Å². The van der Waals surface area contributed by atoms with Crippen LogP contribution in [0.2, 0.25) is 0 Å². The highest BCUT2D eigenvalue weighted by Gasteiger charge is 2.16. The molecule has 0 aliphatic carbocycles. The second kappa shape index (κ2) is 5.60. The quantitative estimate of drug-likeness (QED) is 0.904. The fraction of sp³-hybridized carbons (Fsp3) is 0.214. The molecule has 0 radical (unpaired) electrons. The van der Waals surface area contributed by atoms with Gasteiger partial charge in [-0.05, 0) is 43.7 Å². The summed E-state index contributed by atoms with van der Waals surface area (Å²) in [5, 5.41) is 0. The molecule has 0 amide bonds. The summed E-state index contributed by atoms with van der Waals surface area (Å²) in [6.45, 7) is 3.56. The molecule has 0 aliphatic rings. The van der Waals surface area contributed by atoms with Crippen LogP contribution in [0.5, 0.6) is 0 Å². The van der Waals surface area contributed by atoms with Crippen molar-refractivity contribution in [1.82, 2.24) is 4.98 Å². The van der Waals surface area contributed by atoms with Gasteiger partial charge in [0.1, 0.15) is 0 Å². The van der Waals surface area contributed by atoms with E-state index in [4.69, 9.17) is 5.73 Å².